The van der Waals surface area contributed by atoms with Crippen molar-refractivity contribution in [1.82, 2.24) is 5.32 Å². The summed E-state index contributed by atoms with van der Waals surface area (Å²) in [6.45, 7) is 11.9. The van der Waals surface area contributed by atoms with Crippen LogP contribution in [-0.2, 0) is 9.47 Å². The molecule has 1 heterocycles. The van der Waals surface area contributed by atoms with Crippen molar-refractivity contribution in [3.63, 3.8) is 0 Å². The summed E-state index contributed by atoms with van der Waals surface area (Å²) in [5.74, 6) is 0. The highest BCUT2D eigenvalue weighted by Gasteiger charge is 2.67. The van der Waals surface area contributed by atoms with E-state index in [0.717, 1.165) is 6.42 Å². The molecule has 4 N–H and O–H groups in total. The van der Waals surface area contributed by atoms with Gasteiger partial charge in [-0.1, -0.05) is 20.8 Å². The molecule has 0 aromatic rings. The maximum absolute atomic E-state index is 11.6. The summed E-state index contributed by atoms with van der Waals surface area (Å²) in [6, 6.07) is -0.631. The molecule has 0 bridgehead atoms. The summed E-state index contributed by atoms with van der Waals surface area (Å²) in [4.78, 5) is 11.6. The Morgan fingerprint density at radius 1 is 1.29 bits per heavy atom. The molecular weight excluding hydrogens is 272 g/mol. The number of carbonyl (C=O) groups is 1. The molecule has 0 saturated carbocycles. The van der Waals surface area contributed by atoms with Gasteiger partial charge in [0, 0.05) is 5.41 Å². The van der Waals surface area contributed by atoms with Crippen LogP contribution in [0.5, 0.6) is 0 Å². The number of nitrogens with one attached hydrogen (secondary N) is 1. The highest BCUT2D eigenvalue weighted by Crippen LogP contribution is 2.54. The monoisotopic (exact) mass is 302 g/mol. The van der Waals surface area contributed by atoms with Gasteiger partial charge in [-0.05, 0) is 33.6 Å². The lowest BCUT2D eigenvalue weighted by atomic mass is 9.55. The van der Waals surface area contributed by atoms with Gasteiger partial charge in [-0.25, -0.2) is 4.79 Å². The van der Waals surface area contributed by atoms with Crippen LogP contribution in [0.3, 0.4) is 0 Å². The molecule has 2 amide bonds. The van der Waals surface area contributed by atoms with E-state index in [9.17, 15) is 9.90 Å². The standard InChI is InChI=1S/C15H30N2O4/c1-7-12(3)9-20-13(4,8-2)14(5,17-11(16)19)15(12,6)21-10-18/h18H,7-10H2,1-6H3,(H3,16,17,19). The molecule has 0 aliphatic carbocycles. The van der Waals surface area contributed by atoms with Crippen molar-refractivity contribution in [3.05, 3.63) is 0 Å². The van der Waals surface area contributed by atoms with Gasteiger partial charge in [0.25, 0.3) is 0 Å². The van der Waals surface area contributed by atoms with Crippen LogP contribution in [0.4, 0.5) is 4.79 Å². The van der Waals surface area contributed by atoms with Gasteiger partial charge in [-0.3, -0.25) is 0 Å². The minimum absolute atomic E-state index is 0.373. The summed E-state index contributed by atoms with van der Waals surface area (Å²) < 4.78 is 11.9. The molecule has 0 aromatic heterocycles. The van der Waals surface area contributed by atoms with E-state index in [0.29, 0.717) is 13.0 Å². The third kappa shape index (κ3) is 2.43. The first-order chi connectivity index (χ1) is 9.56. The van der Waals surface area contributed by atoms with Crippen LogP contribution in [0, 0.1) is 5.41 Å². The number of hydrogen-bond donors (Lipinski definition) is 3. The number of aliphatic hydroxyl groups is 1. The van der Waals surface area contributed by atoms with E-state index < -0.39 is 29.6 Å². The maximum atomic E-state index is 11.6. The number of aliphatic hydroxyl groups excluding tert-OH is 1. The van der Waals surface area contributed by atoms with E-state index >= 15 is 0 Å². The lowest BCUT2D eigenvalue weighted by Crippen LogP contribution is -2.81. The Hall–Kier alpha value is -0.850. The van der Waals surface area contributed by atoms with Crippen molar-refractivity contribution in [3.8, 4) is 0 Å². The molecule has 1 fully saturated rings. The largest absolute Gasteiger partial charge is 0.372 e. The minimum Gasteiger partial charge on any atom is -0.372 e. The molecule has 0 radical (unpaired) electrons. The zero-order valence-corrected chi connectivity index (χ0v) is 14.1. The number of nitrogens with two attached hydrogens (primary N) is 1. The Morgan fingerprint density at radius 2 is 1.86 bits per heavy atom. The number of carbonyl (C=O) groups excluding carboxylic acids is 1. The van der Waals surface area contributed by atoms with Crippen molar-refractivity contribution >= 4 is 6.03 Å². The molecule has 4 unspecified atom stereocenters. The lowest BCUT2D eigenvalue weighted by molar-refractivity contribution is -0.303. The summed E-state index contributed by atoms with van der Waals surface area (Å²) in [7, 11) is 0. The van der Waals surface area contributed by atoms with Crippen molar-refractivity contribution in [2.24, 2.45) is 11.1 Å². The number of ether oxygens (including phenoxy) is 2. The second-order valence-electron chi connectivity index (χ2n) is 6.71. The second-order valence-corrected chi connectivity index (χ2v) is 6.71. The Balaban J connectivity index is 3.50. The van der Waals surface area contributed by atoms with Crippen LogP contribution in [0.15, 0.2) is 0 Å². The third-order valence-corrected chi connectivity index (χ3v) is 6.05. The molecule has 0 spiro atoms. The van der Waals surface area contributed by atoms with E-state index in [2.05, 4.69) is 5.32 Å². The van der Waals surface area contributed by atoms with Gasteiger partial charge >= 0.3 is 6.03 Å². The van der Waals surface area contributed by atoms with Gasteiger partial charge in [0.1, 0.15) is 12.4 Å². The Bertz CT molecular complexity index is 405. The van der Waals surface area contributed by atoms with Crippen LogP contribution < -0.4 is 11.1 Å². The number of rotatable bonds is 5. The van der Waals surface area contributed by atoms with Crippen molar-refractivity contribution in [2.75, 3.05) is 13.4 Å². The first kappa shape index (κ1) is 18.2. The number of hydrogen-bond acceptors (Lipinski definition) is 4. The van der Waals surface area contributed by atoms with E-state index in [1.807, 2.05) is 41.5 Å². The molecular formula is C15H30N2O4. The molecule has 0 aromatic carbocycles. The summed E-state index contributed by atoms with van der Waals surface area (Å²) in [5, 5.41) is 12.3. The number of primary amides is 1. The predicted molar refractivity (Wildman–Crippen MR) is 80.7 cm³/mol. The fourth-order valence-corrected chi connectivity index (χ4v) is 3.55. The highest BCUT2D eigenvalue weighted by molar-refractivity contribution is 5.73. The van der Waals surface area contributed by atoms with Gasteiger partial charge in [0.05, 0.1) is 17.7 Å². The third-order valence-electron chi connectivity index (χ3n) is 6.05. The lowest BCUT2D eigenvalue weighted by Gasteiger charge is -2.65. The number of urea groups is 1. The van der Waals surface area contributed by atoms with E-state index in [1.54, 1.807) is 0 Å². The second kappa shape index (κ2) is 5.74. The molecule has 1 saturated heterocycles. The molecule has 1 rings (SSSR count). The van der Waals surface area contributed by atoms with Crippen molar-refractivity contribution < 1.29 is 19.4 Å². The fourth-order valence-electron chi connectivity index (χ4n) is 3.55. The van der Waals surface area contributed by atoms with Gasteiger partial charge in [0.15, 0.2) is 0 Å². The molecule has 1 aliphatic heterocycles. The van der Waals surface area contributed by atoms with E-state index in [1.165, 1.54) is 0 Å². The van der Waals surface area contributed by atoms with Gasteiger partial charge in [-0.2, -0.15) is 0 Å². The average Bonchev–Trinajstić information content (AvgIpc) is 2.42. The first-order valence-corrected chi connectivity index (χ1v) is 7.52. The maximum Gasteiger partial charge on any atom is 0.312 e. The molecule has 124 valence electrons. The number of amides is 2. The molecule has 1 aliphatic rings. The summed E-state index contributed by atoms with van der Waals surface area (Å²) in [6.07, 6.45) is 1.45. The van der Waals surface area contributed by atoms with Crippen LogP contribution in [0.25, 0.3) is 0 Å². The molecule has 6 nitrogen and oxygen atoms in total. The fraction of sp³-hybridized carbons (Fsp3) is 0.933. The van der Waals surface area contributed by atoms with Crippen LogP contribution in [0.2, 0.25) is 0 Å². The normalized spacial score (nSPS) is 43.6. The zero-order chi connectivity index (χ0) is 16.5. The van der Waals surface area contributed by atoms with Crippen LogP contribution >= 0.6 is 0 Å². The molecule has 4 atom stereocenters. The van der Waals surface area contributed by atoms with Crippen molar-refractivity contribution in [2.45, 2.75) is 71.1 Å². The van der Waals surface area contributed by atoms with E-state index in [4.69, 9.17) is 15.2 Å². The smallest absolute Gasteiger partial charge is 0.312 e. The quantitative estimate of drug-likeness (QED) is 0.674. The Kier molecular flexibility index (Phi) is 4.98. The zero-order valence-electron chi connectivity index (χ0n) is 14.1. The Morgan fingerprint density at radius 3 is 2.24 bits per heavy atom. The molecule has 6 heteroatoms. The first-order valence-electron chi connectivity index (χ1n) is 7.52. The van der Waals surface area contributed by atoms with Crippen molar-refractivity contribution in [1.29, 1.82) is 0 Å². The average molecular weight is 302 g/mol. The minimum atomic E-state index is -0.883. The van der Waals surface area contributed by atoms with Gasteiger partial charge in [-0.15, -0.1) is 0 Å². The van der Waals surface area contributed by atoms with Gasteiger partial charge in [0.2, 0.25) is 0 Å². The highest BCUT2D eigenvalue weighted by atomic mass is 16.6. The van der Waals surface area contributed by atoms with E-state index in [-0.39, 0.29) is 5.41 Å². The Labute approximate surface area is 127 Å². The van der Waals surface area contributed by atoms with Crippen LogP contribution in [-0.4, -0.2) is 41.3 Å². The SMILES string of the molecule is CCC1(C)COC(C)(CC)C(C)(NC(N)=O)C1(C)OCO. The molecule has 21 heavy (non-hydrogen) atoms. The predicted octanol–water partition coefficient (Wildman–Crippen LogP) is 1.75. The topological polar surface area (TPSA) is 93.8 Å². The summed E-state index contributed by atoms with van der Waals surface area (Å²) >= 11 is 0. The van der Waals surface area contributed by atoms with Crippen LogP contribution in [0.1, 0.15) is 54.4 Å². The van der Waals surface area contributed by atoms with Gasteiger partial charge < -0.3 is 25.6 Å². The summed E-state index contributed by atoms with van der Waals surface area (Å²) in [5.41, 5.74) is 2.67.